The summed E-state index contributed by atoms with van der Waals surface area (Å²) in [5.41, 5.74) is 8.32. The lowest BCUT2D eigenvalue weighted by Crippen LogP contribution is -2.48. The van der Waals surface area contributed by atoms with E-state index in [0.29, 0.717) is 6.42 Å². The molecule has 1 aliphatic heterocycles. The zero-order chi connectivity index (χ0) is 13.3. The molecule has 0 spiro atoms. The van der Waals surface area contributed by atoms with Crippen LogP contribution in [0.15, 0.2) is 24.8 Å². The van der Waals surface area contributed by atoms with Crippen molar-refractivity contribution in [2.45, 2.75) is 38.9 Å². The average molecular weight is 247 g/mol. The van der Waals surface area contributed by atoms with Gasteiger partial charge in [0.05, 0.1) is 12.1 Å². The fourth-order valence-corrected chi connectivity index (χ4v) is 2.62. The standard InChI is InChI=1S/C14H21N3O/c1-4-5-12(15)14(18)17-9-8-16-10(2)6-7-13(16)11(17)3/h4,6-7,11-12H,1,5,8-9,15H2,2-3H3. The number of carbonyl (C=O) groups is 1. The van der Waals surface area contributed by atoms with Crippen LogP contribution in [0.5, 0.6) is 0 Å². The van der Waals surface area contributed by atoms with Gasteiger partial charge in [-0.2, -0.15) is 0 Å². The van der Waals surface area contributed by atoms with Gasteiger partial charge >= 0.3 is 0 Å². The molecule has 2 N–H and O–H groups in total. The summed E-state index contributed by atoms with van der Waals surface area (Å²) in [5, 5.41) is 0. The maximum absolute atomic E-state index is 12.3. The number of nitrogens with two attached hydrogens (primary N) is 1. The van der Waals surface area contributed by atoms with Gasteiger partial charge in [-0.3, -0.25) is 4.79 Å². The maximum Gasteiger partial charge on any atom is 0.240 e. The minimum atomic E-state index is -0.465. The van der Waals surface area contributed by atoms with Crippen LogP contribution in [0.4, 0.5) is 0 Å². The molecular formula is C14H21N3O. The Balaban J connectivity index is 2.18. The second-order valence-corrected chi connectivity index (χ2v) is 4.89. The number of carbonyl (C=O) groups excluding carboxylic acids is 1. The molecule has 2 heterocycles. The Labute approximate surface area is 108 Å². The monoisotopic (exact) mass is 247 g/mol. The lowest BCUT2D eigenvalue weighted by molar-refractivity contribution is -0.135. The van der Waals surface area contributed by atoms with Crippen LogP contribution < -0.4 is 5.73 Å². The van der Waals surface area contributed by atoms with E-state index >= 15 is 0 Å². The fraction of sp³-hybridized carbons (Fsp3) is 0.500. The molecule has 0 fully saturated rings. The molecule has 4 nitrogen and oxygen atoms in total. The van der Waals surface area contributed by atoms with Crippen LogP contribution in [0, 0.1) is 6.92 Å². The average Bonchev–Trinajstić information content (AvgIpc) is 2.72. The van der Waals surface area contributed by atoms with E-state index < -0.39 is 6.04 Å². The summed E-state index contributed by atoms with van der Waals surface area (Å²) in [6.45, 7) is 9.37. The molecule has 1 amide bonds. The van der Waals surface area contributed by atoms with Crippen LogP contribution in [-0.4, -0.2) is 28.0 Å². The van der Waals surface area contributed by atoms with Crippen molar-refractivity contribution in [3.05, 3.63) is 36.2 Å². The highest BCUT2D eigenvalue weighted by Crippen LogP contribution is 2.27. The van der Waals surface area contributed by atoms with E-state index in [9.17, 15) is 4.79 Å². The minimum absolute atomic E-state index is 0.0208. The second-order valence-electron chi connectivity index (χ2n) is 4.89. The van der Waals surface area contributed by atoms with Gasteiger partial charge in [-0.1, -0.05) is 6.08 Å². The predicted molar refractivity (Wildman–Crippen MR) is 72.1 cm³/mol. The van der Waals surface area contributed by atoms with E-state index in [0.717, 1.165) is 13.1 Å². The van der Waals surface area contributed by atoms with Crippen LogP contribution in [-0.2, 0) is 11.3 Å². The number of hydrogen-bond acceptors (Lipinski definition) is 2. The highest BCUT2D eigenvalue weighted by molar-refractivity contribution is 5.82. The number of rotatable bonds is 3. The first-order valence-electron chi connectivity index (χ1n) is 6.39. The summed E-state index contributed by atoms with van der Waals surface area (Å²) in [6, 6.07) is 3.82. The van der Waals surface area contributed by atoms with E-state index in [-0.39, 0.29) is 11.9 Å². The zero-order valence-electron chi connectivity index (χ0n) is 11.1. The summed E-state index contributed by atoms with van der Waals surface area (Å²) in [4.78, 5) is 14.1. The molecule has 4 heteroatoms. The van der Waals surface area contributed by atoms with Gasteiger partial charge in [-0.15, -0.1) is 6.58 Å². The summed E-state index contributed by atoms with van der Waals surface area (Å²) in [6.07, 6.45) is 2.23. The van der Waals surface area contributed by atoms with Gasteiger partial charge in [-0.05, 0) is 32.4 Å². The fourth-order valence-electron chi connectivity index (χ4n) is 2.62. The molecule has 98 valence electrons. The molecule has 2 unspecified atom stereocenters. The molecule has 1 aromatic rings. The Hall–Kier alpha value is -1.55. The van der Waals surface area contributed by atoms with Gasteiger partial charge in [-0.25, -0.2) is 0 Å². The Morgan fingerprint density at radius 2 is 2.33 bits per heavy atom. The first-order chi connectivity index (χ1) is 8.56. The van der Waals surface area contributed by atoms with Crippen molar-refractivity contribution in [2.24, 2.45) is 5.73 Å². The van der Waals surface area contributed by atoms with Gasteiger partial charge in [0.15, 0.2) is 0 Å². The third kappa shape index (κ3) is 2.08. The zero-order valence-corrected chi connectivity index (χ0v) is 11.1. The van der Waals surface area contributed by atoms with E-state index in [1.54, 1.807) is 6.08 Å². The first-order valence-corrected chi connectivity index (χ1v) is 6.39. The molecule has 0 bridgehead atoms. The van der Waals surface area contributed by atoms with Crippen molar-refractivity contribution in [3.8, 4) is 0 Å². The Morgan fingerprint density at radius 1 is 1.61 bits per heavy atom. The first kappa shape index (κ1) is 12.9. The Kier molecular flexibility index (Phi) is 3.57. The smallest absolute Gasteiger partial charge is 0.240 e. The molecular weight excluding hydrogens is 226 g/mol. The van der Waals surface area contributed by atoms with Gasteiger partial charge in [0.25, 0.3) is 0 Å². The Morgan fingerprint density at radius 3 is 3.00 bits per heavy atom. The highest BCUT2D eigenvalue weighted by atomic mass is 16.2. The van der Waals surface area contributed by atoms with Gasteiger partial charge < -0.3 is 15.2 Å². The van der Waals surface area contributed by atoms with Crippen molar-refractivity contribution in [2.75, 3.05) is 6.54 Å². The third-order valence-electron chi connectivity index (χ3n) is 3.71. The second kappa shape index (κ2) is 4.98. The SMILES string of the molecule is C=CCC(N)C(=O)N1CCn2c(C)ccc2C1C. The van der Waals surface area contributed by atoms with Gasteiger partial charge in [0.1, 0.15) is 0 Å². The Bertz CT molecular complexity index is 464. The summed E-state index contributed by atoms with van der Waals surface area (Å²) >= 11 is 0. The third-order valence-corrected chi connectivity index (χ3v) is 3.71. The number of amides is 1. The summed E-state index contributed by atoms with van der Waals surface area (Å²) in [5.74, 6) is 0.0208. The van der Waals surface area contributed by atoms with Crippen LogP contribution in [0.2, 0.25) is 0 Å². The van der Waals surface area contributed by atoms with Gasteiger partial charge in [0, 0.05) is 24.5 Å². The lowest BCUT2D eigenvalue weighted by Gasteiger charge is -2.36. The topological polar surface area (TPSA) is 51.3 Å². The molecule has 2 rings (SSSR count). The molecule has 0 radical (unpaired) electrons. The van der Waals surface area contributed by atoms with Crippen molar-refractivity contribution >= 4 is 5.91 Å². The maximum atomic E-state index is 12.3. The van der Waals surface area contributed by atoms with Crippen LogP contribution in [0.25, 0.3) is 0 Å². The van der Waals surface area contributed by atoms with Crippen LogP contribution in [0.3, 0.4) is 0 Å². The quantitative estimate of drug-likeness (QED) is 0.825. The van der Waals surface area contributed by atoms with E-state index in [2.05, 4.69) is 37.1 Å². The number of nitrogens with zero attached hydrogens (tertiary/aromatic N) is 2. The van der Waals surface area contributed by atoms with Crippen molar-refractivity contribution in [3.63, 3.8) is 0 Å². The summed E-state index contributed by atoms with van der Waals surface area (Å²) < 4.78 is 2.27. The molecule has 1 aliphatic rings. The molecule has 18 heavy (non-hydrogen) atoms. The largest absolute Gasteiger partial charge is 0.345 e. The van der Waals surface area contributed by atoms with E-state index in [1.807, 2.05) is 4.90 Å². The van der Waals surface area contributed by atoms with Crippen LogP contribution in [0.1, 0.15) is 30.8 Å². The molecule has 1 aromatic heterocycles. The number of fused-ring (bicyclic) bond motifs is 1. The molecule has 0 aliphatic carbocycles. The number of aryl methyl sites for hydroxylation is 1. The molecule has 0 saturated heterocycles. The van der Waals surface area contributed by atoms with E-state index in [4.69, 9.17) is 5.73 Å². The summed E-state index contributed by atoms with van der Waals surface area (Å²) in [7, 11) is 0. The normalized spacial score (nSPS) is 20.4. The van der Waals surface area contributed by atoms with Crippen molar-refractivity contribution in [1.82, 2.24) is 9.47 Å². The predicted octanol–water partition coefficient (Wildman–Crippen LogP) is 1.60. The minimum Gasteiger partial charge on any atom is -0.345 e. The molecule has 0 aromatic carbocycles. The highest BCUT2D eigenvalue weighted by Gasteiger charge is 2.30. The molecule has 0 saturated carbocycles. The van der Waals surface area contributed by atoms with E-state index in [1.165, 1.54) is 11.4 Å². The lowest BCUT2D eigenvalue weighted by atomic mass is 10.1. The molecule has 2 atom stereocenters. The van der Waals surface area contributed by atoms with Crippen molar-refractivity contribution in [1.29, 1.82) is 0 Å². The number of aromatic nitrogens is 1. The van der Waals surface area contributed by atoms with Gasteiger partial charge in [0.2, 0.25) is 5.91 Å². The number of hydrogen-bond donors (Lipinski definition) is 1. The van der Waals surface area contributed by atoms with Crippen LogP contribution >= 0.6 is 0 Å². The van der Waals surface area contributed by atoms with Crippen molar-refractivity contribution < 1.29 is 4.79 Å².